The third-order valence-electron chi connectivity index (χ3n) is 3.53. The van der Waals surface area contributed by atoms with Gasteiger partial charge in [0.2, 0.25) is 0 Å². The highest BCUT2D eigenvalue weighted by atomic mass is 35.5. The van der Waals surface area contributed by atoms with Crippen LogP contribution < -0.4 is 5.73 Å². The summed E-state index contributed by atoms with van der Waals surface area (Å²) in [5, 5.41) is 2.05. The standard InChI is InChI=1S/C14H14Cl2N2OS.ClH/c15-8-3-4-10-11(6-8)20-13(12(10)16)14(19)18-5-1-2-9(17)7-18;/h3-4,6,9H,1-2,5,7,17H2;1H. The van der Waals surface area contributed by atoms with Crippen molar-refractivity contribution in [1.29, 1.82) is 0 Å². The Kier molecular flexibility index (Phi) is 5.38. The van der Waals surface area contributed by atoms with Crippen LogP contribution in [-0.2, 0) is 0 Å². The second-order valence-electron chi connectivity index (χ2n) is 5.04. The summed E-state index contributed by atoms with van der Waals surface area (Å²) in [6, 6.07) is 5.55. The lowest BCUT2D eigenvalue weighted by atomic mass is 10.1. The van der Waals surface area contributed by atoms with Gasteiger partial charge in [-0.1, -0.05) is 29.3 Å². The highest BCUT2D eigenvalue weighted by Crippen LogP contribution is 2.37. The van der Waals surface area contributed by atoms with Crippen LogP contribution in [0.3, 0.4) is 0 Å². The number of likely N-dealkylation sites (tertiary alicyclic amines) is 1. The molecule has 114 valence electrons. The summed E-state index contributed by atoms with van der Waals surface area (Å²) in [6.45, 7) is 1.35. The molecule has 1 amide bonds. The van der Waals surface area contributed by atoms with E-state index in [-0.39, 0.29) is 24.4 Å². The molecule has 1 aliphatic rings. The molecule has 2 heterocycles. The Morgan fingerprint density at radius 1 is 1.38 bits per heavy atom. The van der Waals surface area contributed by atoms with Gasteiger partial charge in [-0.2, -0.15) is 0 Å². The number of piperidine rings is 1. The van der Waals surface area contributed by atoms with E-state index in [0.29, 0.717) is 21.5 Å². The molecular formula is C14H15Cl3N2OS. The zero-order valence-electron chi connectivity index (χ0n) is 11.1. The Morgan fingerprint density at radius 2 is 2.14 bits per heavy atom. The molecule has 0 saturated carbocycles. The van der Waals surface area contributed by atoms with Gasteiger partial charge >= 0.3 is 0 Å². The predicted octanol–water partition coefficient (Wildman–Crippen LogP) is 4.19. The summed E-state index contributed by atoms with van der Waals surface area (Å²) in [4.78, 5) is 15.0. The maximum atomic E-state index is 12.6. The van der Waals surface area contributed by atoms with E-state index in [2.05, 4.69) is 0 Å². The minimum atomic E-state index is -0.0255. The van der Waals surface area contributed by atoms with Crippen LogP contribution in [0.25, 0.3) is 10.1 Å². The van der Waals surface area contributed by atoms with E-state index in [1.54, 1.807) is 11.0 Å². The van der Waals surface area contributed by atoms with Gasteiger partial charge < -0.3 is 10.6 Å². The lowest BCUT2D eigenvalue weighted by Crippen LogP contribution is -2.45. The van der Waals surface area contributed by atoms with Gasteiger partial charge in [0.25, 0.3) is 5.91 Å². The van der Waals surface area contributed by atoms with E-state index in [4.69, 9.17) is 28.9 Å². The van der Waals surface area contributed by atoms with Gasteiger partial charge in [-0.05, 0) is 25.0 Å². The van der Waals surface area contributed by atoms with Crippen molar-refractivity contribution in [2.24, 2.45) is 5.73 Å². The number of thiophene rings is 1. The van der Waals surface area contributed by atoms with Gasteiger partial charge in [-0.25, -0.2) is 0 Å². The second-order valence-corrected chi connectivity index (χ2v) is 6.91. The van der Waals surface area contributed by atoms with Crippen molar-refractivity contribution in [3.8, 4) is 0 Å². The number of halogens is 3. The molecular weight excluding hydrogens is 351 g/mol. The van der Waals surface area contributed by atoms with Crippen LogP contribution >= 0.6 is 46.9 Å². The van der Waals surface area contributed by atoms with Crippen molar-refractivity contribution in [2.45, 2.75) is 18.9 Å². The Bertz CT molecular complexity index is 674. The molecule has 1 aromatic heterocycles. The molecule has 21 heavy (non-hydrogen) atoms. The monoisotopic (exact) mass is 364 g/mol. The van der Waals surface area contributed by atoms with Gasteiger partial charge in [0, 0.05) is 34.2 Å². The first-order chi connectivity index (χ1) is 9.56. The van der Waals surface area contributed by atoms with Crippen molar-refractivity contribution >= 4 is 62.9 Å². The van der Waals surface area contributed by atoms with E-state index in [1.807, 2.05) is 12.1 Å². The first-order valence-electron chi connectivity index (χ1n) is 6.48. The molecule has 3 nitrogen and oxygen atoms in total. The fourth-order valence-corrected chi connectivity index (χ4v) is 4.27. The minimum Gasteiger partial charge on any atom is -0.336 e. The van der Waals surface area contributed by atoms with Crippen LogP contribution in [0.2, 0.25) is 10.0 Å². The van der Waals surface area contributed by atoms with Crippen molar-refractivity contribution < 1.29 is 4.79 Å². The minimum absolute atomic E-state index is 0. The number of fused-ring (bicyclic) bond motifs is 1. The zero-order chi connectivity index (χ0) is 14.3. The maximum absolute atomic E-state index is 12.6. The highest BCUT2D eigenvalue weighted by Gasteiger charge is 2.26. The topological polar surface area (TPSA) is 46.3 Å². The molecule has 1 aliphatic heterocycles. The smallest absolute Gasteiger partial charge is 0.265 e. The van der Waals surface area contributed by atoms with Gasteiger partial charge in [0.1, 0.15) is 4.88 Å². The van der Waals surface area contributed by atoms with Crippen molar-refractivity contribution in [2.75, 3.05) is 13.1 Å². The molecule has 0 aliphatic carbocycles. The maximum Gasteiger partial charge on any atom is 0.265 e. The molecule has 1 unspecified atom stereocenters. The molecule has 0 spiro atoms. The van der Waals surface area contributed by atoms with E-state index >= 15 is 0 Å². The fourth-order valence-electron chi connectivity index (χ4n) is 2.51. The van der Waals surface area contributed by atoms with Gasteiger partial charge in [-0.15, -0.1) is 23.7 Å². The Labute approximate surface area is 143 Å². The van der Waals surface area contributed by atoms with E-state index in [9.17, 15) is 4.79 Å². The van der Waals surface area contributed by atoms with Crippen LogP contribution in [0, 0.1) is 0 Å². The lowest BCUT2D eigenvalue weighted by Gasteiger charge is -2.30. The van der Waals surface area contributed by atoms with E-state index in [1.165, 1.54) is 11.3 Å². The lowest BCUT2D eigenvalue weighted by molar-refractivity contribution is 0.0714. The molecule has 0 radical (unpaired) electrons. The number of nitrogens with two attached hydrogens (primary N) is 1. The molecule has 2 aromatic rings. The third-order valence-corrected chi connectivity index (χ3v) is 5.41. The zero-order valence-corrected chi connectivity index (χ0v) is 14.3. The molecule has 1 fully saturated rings. The van der Waals surface area contributed by atoms with Crippen LogP contribution in [0.1, 0.15) is 22.5 Å². The van der Waals surface area contributed by atoms with E-state index < -0.39 is 0 Å². The summed E-state index contributed by atoms with van der Waals surface area (Å²) < 4.78 is 0.937. The first kappa shape index (κ1) is 16.8. The second kappa shape index (κ2) is 6.71. The number of rotatable bonds is 1. The molecule has 2 N–H and O–H groups in total. The average Bonchev–Trinajstić information content (AvgIpc) is 2.74. The fraction of sp³-hybridized carbons (Fsp3) is 0.357. The highest BCUT2D eigenvalue weighted by molar-refractivity contribution is 7.21. The molecule has 7 heteroatoms. The molecule has 1 saturated heterocycles. The molecule has 1 aromatic carbocycles. The Morgan fingerprint density at radius 3 is 2.86 bits per heavy atom. The van der Waals surface area contributed by atoms with Crippen LogP contribution in [0.15, 0.2) is 18.2 Å². The molecule has 3 rings (SSSR count). The van der Waals surface area contributed by atoms with Crippen molar-refractivity contribution in [3.05, 3.63) is 33.1 Å². The van der Waals surface area contributed by atoms with Crippen molar-refractivity contribution in [1.82, 2.24) is 4.90 Å². The molecule has 0 bridgehead atoms. The quantitative estimate of drug-likeness (QED) is 0.823. The summed E-state index contributed by atoms with van der Waals surface area (Å²) in [5.74, 6) is -0.0255. The largest absolute Gasteiger partial charge is 0.336 e. The van der Waals surface area contributed by atoms with Gasteiger partial charge in [0.05, 0.1) is 5.02 Å². The van der Waals surface area contributed by atoms with E-state index in [0.717, 1.165) is 29.5 Å². The number of hydrogen-bond donors (Lipinski definition) is 1. The molecule has 1 atom stereocenters. The number of nitrogens with zero attached hydrogens (tertiary/aromatic N) is 1. The van der Waals surface area contributed by atoms with Crippen molar-refractivity contribution in [3.63, 3.8) is 0 Å². The summed E-state index contributed by atoms with van der Waals surface area (Å²) >= 11 is 13.7. The van der Waals surface area contributed by atoms with Crippen LogP contribution in [0.4, 0.5) is 0 Å². The Balaban J connectivity index is 0.00000161. The van der Waals surface area contributed by atoms with Gasteiger partial charge in [0.15, 0.2) is 0 Å². The summed E-state index contributed by atoms with van der Waals surface area (Å²) in [6.07, 6.45) is 1.92. The average molecular weight is 366 g/mol. The number of hydrogen-bond acceptors (Lipinski definition) is 3. The summed E-state index contributed by atoms with van der Waals surface area (Å²) in [5.41, 5.74) is 5.93. The predicted molar refractivity (Wildman–Crippen MR) is 92.2 cm³/mol. The van der Waals surface area contributed by atoms with Crippen LogP contribution in [0.5, 0.6) is 0 Å². The van der Waals surface area contributed by atoms with Gasteiger partial charge in [-0.3, -0.25) is 4.79 Å². The third kappa shape index (κ3) is 3.30. The number of carbonyl (C=O) groups is 1. The number of carbonyl (C=O) groups excluding carboxylic acids is 1. The number of amides is 1. The number of benzene rings is 1. The first-order valence-corrected chi connectivity index (χ1v) is 8.06. The van der Waals surface area contributed by atoms with Crippen LogP contribution in [-0.4, -0.2) is 29.9 Å². The SMILES string of the molecule is Cl.NC1CCCN(C(=O)c2sc3cc(Cl)ccc3c2Cl)C1. The summed E-state index contributed by atoms with van der Waals surface area (Å²) in [7, 11) is 0. The Hall–Kier alpha value is -0.520. The normalized spacial score (nSPS) is 18.6.